The van der Waals surface area contributed by atoms with Crippen molar-refractivity contribution in [2.24, 2.45) is 0 Å². The number of nitrogens with one attached hydrogen (secondary N) is 1. The highest BCUT2D eigenvalue weighted by atomic mass is 19.3. The number of benzene rings is 1. The van der Waals surface area contributed by atoms with Crippen LogP contribution >= 0.6 is 0 Å². The second-order valence-electron chi connectivity index (χ2n) is 6.48. The van der Waals surface area contributed by atoms with Gasteiger partial charge in [-0.2, -0.15) is 0 Å². The molecule has 2 aromatic rings. The number of rotatable bonds is 6. The van der Waals surface area contributed by atoms with Crippen LogP contribution in [0.5, 0.6) is 23.1 Å². The van der Waals surface area contributed by atoms with E-state index in [-0.39, 0.29) is 29.0 Å². The molecule has 0 unspecified atom stereocenters. The second-order valence-corrected chi connectivity index (χ2v) is 6.48. The molecule has 10 heteroatoms. The molecule has 1 N–H and O–H groups in total. The Bertz CT molecular complexity index is 920. The quantitative estimate of drug-likeness (QED) is 0.759. The van der Waals surface area contributed by atoms with E-state index in [0.717, 1.165) is 0 Å². The number of ether oxygens (including phenoxy) is 3. The van der Waals surface area contributed by atoms with Gasteiger partial charge in [-0.1, -0.05) is 0 Å². The van der Waals surface area contributed by atoms with Gasteiger partial charge in [0.2, 0.25) is 12.3 Å². The highest BCUT2D eigenvalue weighted by Gasteiger charge is 2.43. The summed E-state index contributed by atoms with van der Waals surface area (Å²) < 4.78 is 40.5. The third-order valence-corrected chi connectivity index (χ3v) is 3.96. The molecule has 148 valence electrons. The van der Waals surface area contributed by atoms with Gasteiger partial charge in [-0.3, -0.25) is 9.59 Å². The molecule has 0 aliphatic carbocycles. The summed E-state index contributed by atoms with van der Waals surface area (Å²) in [5.74, 6) is -0.297. The van der Waals surface area contributed by atoms with Crippen molar-refractivity contribution in [2.75, 3.05) is 11.9 Å². The van der Waals surface area contributed by atoms with E-state index in [9.17, 15) is 18.4 Å². The van der Waals surface area contributed by atoms with Gasteiger partial charge in [0, 0.05) is 25.4 Å². The molecule has 2 heterocycles. The van der Waals surface area contributed by atoms with Crippen LogP contribution in [0.3, 0.4) is 0 Å². The van der Waals surface area contributed by atoms with Crippen molar-refractivity contribution in [2.45, 2.75) is 25.7 Å². The van der Waals surface area contributed by atoms with Crippen molar-refractivity contribution >= 4 is 18.0 Å². The predicted molar refractivity (Wildman–Crippen MR) is 93.6 cm³/mol. The number of anilines is 1. The topological polar surface area (TPSA) is 90.0 Å². The number of nitrogens with zero attached hydrogens (tertiary/aromatic N) is 2. The Morgan fingerprint density at radius 1 is 1.25 bits per heavy atom. The first kappa shape index (κ1) is 19.3. The molecular weight excluding hydrogens is 376 g/mol. The number of amides is 2. The van der Waals surface area contributed by atoms with Crippen molar-refractivity contribution in [3.8, 4) is 23.1 Å². The van der Waals surface area contributed by atoms with Gasteiger partial charge < -0.3 is 24.4 Å². The lowest BCUT2D eigenvalue weighted by molar-refractivity contribution is -0.286. The Morgan fingerprint density at radius 3 is 2.68 bits per heavy atom. The molecule has 0 saturated heterocycles. The highest BCUT2D eigenvalue weighted by Crippen LogP contribution is 2.43. The predicted octanol–water partition coefficient (Wildman–Crippen LogP) is 2.68. The fraction of sp³-hybridized carbons (Fsp3) is 0.278. The molecule has 8 nitrogen and oxygen atoms in total. The Hall–Kier alpha value is -3.43. The van der Waals surface area contributed by atoms with Crippen LogP contribution in [0.4, 0.5) is 14.5 Å². The van der Waals surface area contributed by atoms with Gasteiger partial charge >= 0.3 is 6.29 Å². The number of halogens is 2. The van der Waals surface area contributed by atoms with Crippen LogP contribution in [0.2, 0.25) is 0 Å². The molecule has 1 aromatic heterocycles. The van der Waals surface area contributed by atoms with E-state index in [0.29, 0.717) is 12.1 Å². The molecule has 0 radical (unpaired) electrons. The van der Waals surface area contributed by atoms with Crippen molar-refractivity contribution < 1.29 is 32.6 Å². The van der Waals surface area contributed by atoms with E-state index in [1.807, 2.05) is 0 Å². The van der Waals surface area contributed by atoms with Gasteiger partial charge in [0.25, 0.3) is 5.91 Å². The largest absolute Gasteiger partial charge is 0.586 e. The van der Waals surface area contributed by atoms with Crippen LogP contribution < -0.4 is 24.4 Å². The lowest BCUT2D eigenvalue weighted by Gasteiger charge is -2.28. The molecule has 3 rings (SSSR count). The number of aromatic nitrogens is 1. The van der Waals surface area contributed by atoms with E-state index in [1.165, 1.54) is 35.4 Å². The molecule has 28 heavy (non-hydrogen) atoms. The summed E-state index contributed by atoms with van der Waals surface area (Å²) >= 11 is 0. The highest BCUT2D eigenvalue weighted by molar-refractivity contribution is 6.00. The summed E-state index contributed by atoms with van der Waals surface area (Å²) in [5.41, 5.74) is -0.647. The lowest BCUT2D eigenvalue weighted by atomic mass is 10.0. The number of hydrogen-bond acceptors (Lipinski definition) is 6. The van der Waals surface area contributed by atoms with E-state index < -0.39 is 11.8 Å². The third-order valence-electron chi connectivity index (χ3n) is 3.96. The maximum absolute atomic E-state index is 13.1. The minimum atomic E-state index is -3.72. The van der Waals surface area contributed by atoms with Crippen molar-refractivity contribution in [3.63, 3.8) is 0 Å². The molecule has 0 spiro atoms. The van der Waals surface area contributed by atoms with E-state index >= 15 is 0 Å². The normalized spacial score (nSPS) is 14.3. The molecule has 0 fully saturated rings. The summed E-state index contributed by atoms with van der Waals surface area (Å²) in [4.78, 5) is 28.6. The van der Waals surface area contributed by atoms with Gasteiger partial charge in [-0.15, -0.1) is 8.78 Å². The molecule has 1 aliphatic rings. The zero-order valence-electron chi connectivity index (χ0n) is 15.2. The SMILES string of the molecule is CN(C(=O)C(C)(C)NC=O)c1ccnc(Oc2ccc3c(c2)OC(F)(F)O3)c1. The average molecular weight is 393 g/mol. The van der Waals surface area contributed by atoms with Gasteiger partial charge in [0.05, 0.1) is 5.69 Å². The summed E-state index contributed by atoms with van der Waals surface area (Å²) in [5, 5.41) is 2.45. The minimum Gasteiger partial charge on any atom is -0.439 e. The van der Waals surface area contributed by atoms with Crippen LogP contribution in [0.1, 0.15) is 13.8 Å². The summed E-state index contributed by atoms with van der Waals surface area (Å²) in [6.07, 6.45) is -1.84. The Morgan fingerprint density at radius 2 is 1.96 bits per heavy atom. The fourth-order valence-electron chi connectivity index (χ4n) is 2.52. The maximum Gasteiger partial charge on any atom is 0.586 e. The molecular formula is C18H17F2N3O5. The molecule has 1 aromatic carbocycles. The first-order valence-electron chi connectivity index (χ1n) is 8.14. The maximum atomic E-state index is 13.1. The fourth-order valence-corrected chi connectivity index (χ4v) is 2.52. The standard InChI is InChI=1S/C18H17F2N3O5/c1-17(2,22-10-24)16(25)23(3)11-6-7-21-15(8-11)26-12-4-5-13-14(9-12)28-18(19,20)27-13/h4-10H,1-3H3,(H,22,24). The minimum absolute atomic E-state index is 0.103. The van der Waals surface area contributed by atoms with Crippen molar-refractivity contribution in [1.29, 1.82) is 0 Å². The van der Waals surface area contributed by atoms with Gasteiger partial charge in [-0.05, 0) is 32.0 Å². The zero-order chi connectivity index (χ0) is 20.5. The van der Waals surface area contributed by atoms with E-state index in [1.54, 1.807) is 27.0 Å². The number of hydrogen-bond donors (Lipinski definition) is 1. The lowest BCUT2D eigenvalue weighted by Crippen LogP contribution is -2.52. The molecule has 1 aliphatic heterocycles. The number of alkyl halides is 2. The number of carbonyl (C=O) groups excluding carboxylic acids is 2. The number of likely N-dealkylation sites (N-methyl/N-ethyl adjacent to an activating group) is 1. The van der Waals surface area contributed by atoms with Crippen molar-refractivity contribution in [1.82, 2.24) is 10.3 Å². The van der Waals surface area contributed by atoms with Crippen LogP contribution in [0, 0.1) is 0 Å². The number of carbonyl (C=O) groups is 2. The van der Waals surface area contributed by atoms with E-state index in [2.05, 4.69) is 19.8 Å². The second kappa shape index (κ2) is 6.95. The van der Waals surface area contributed by atoms with Crippen LogP contribution in [0.15, 0.2) is 36.5 Å². The first-order chi connectivity index (χ1) is 13.1. The van der Waals surface area contributed by atoms with Crippen molar-refractivity contribution in [3.05, 3.63) is 36.5 Å². The van der Waals surface area contributed by atoms with Gasteiger partial charge in [0.1, 0.15) is 11.3 Å². The summed E-state index contributed by atoms with van der Waals surface area (Å²) in [6, 6.07) is 7.04. The van der Waals surface area contributed by atoms with Crippen LogP contribution in [-0.2, 0) is 9.59 Å². The third kappa shape index (κ3) is 3.95. The van der Waals surface area contributed by atoms with Gasteiger partial charge in [-0.25, -0.2) is 4.98 Å². The molecule has 0 bridgehead atoms. The van der Waals surface area contributed by atoms with Gasteiger partial charge in [0.15, 0.2) is 11.5 Å². The molecule has 2 amide bonds. The van der Waals surface area contributed by atoms with E-state index in [4.69, 9.17) is 4.74 Å². The summed E-state index contributed by atoms with van der Waals surface area (Å²) in [6.45, 7) is 3.14. The average Bonchev–Trinajstić information content (AvgIpc) is 2.93. The van der Waals surface area contributed by atoms with Crippen LogP contribution in [-0.4, -0.2) is 36.2 Å². The van der Waals surface area contributed by atoms with Crippen LogP contribution in [0.25, 0.3) is 0 Å². The number of fused-ring (bicyclic) bond motifs is 1. The molecule has 0 saturated carbocycles. The Kier molecular flexibility index (Phi) is 4.80. The monoisotopic (exact) mass is 393 g/mol. The first-order valence-corrected chi connectivity index (χ1v) is 8.14. The Balaban J connectivity index is 1.77. The smallest absolute Gasteiger partial charge is 0.439 e. The molecule has 0 atom stereocenters. The zero-order valence-corrected chi connectivity index (χ0v) is 15.2. The Labute approximate surface area is 159 Å². The number of pyridine rings is 1. The summed E-state index contributed by atoms with van der Waals surface area (Å²) in [7, 11) is 1.54.